The summed E-state index contributed by atoms with van der Waals surface area (Å²) in [6.45, 7) is 2.95. The highest BCUT2D eigenvalue weighted by molar-refractivity contribution is 7.98. The van der Waals surface area contributed by atoms with Gasteiger partial charge in [0.25, 0.3) is 0 Å². The van der Waals surface area contributed by atoms with Crippen LogP contribution in [-0.4, -0.2) is 28.0 Å². The van der Waals surface area contributed by atoms with Gasteiger partial charge in [0, 0.05) is 23.5 Å². The van der Waals surface area contributed by atoms with E-state index in [1.54, 1.807) is 11.8 Å². The fourth-order valence-corrected chi connectivity index (χ4v) is 3.44. The van der Waals surface area contributed by atoms with Gasteiger partial charge in [-0.15, -0.1) is 11.8 Å². The van der Waals surface area contributed by atoms with Crippen molar-refractivity contribution in [1.82, 2.24) is 10.0 Å². The Hall–Kier alpha value is -1.54. The molecule has 0 fully saturated rings. The molecule has 0 aliphatic carbocycles. The summed E-state index contributed by atoms with van der Waals surface area (Å²) in [5.74, 6) is 1.54. The zero-order valence-corrected chi connectivity index (χ0v) is 16.6. The van der Waals surface area contributed by atoms with Crippen LogP contribution in [0.25, 0.3) is 0 Å². The first-order chi connectivity index (χ1) is 11.8. The third-order valence-corrected chi connectivity index (χ3v) is 5.19. The number of thioether (sulfide) groups is 1. The molecule has 0 unspecified atom stereocenters. The van der Waals surface area contributed by atoms with Gasteiger partial charge in [0.15, 0.2) is 0 Å². The van der Waals surface area contributed by atoms with Crippen molar-refractivity contribution < 1.29 is 13.2 Å². The molecule has 0 heterocycles. The van der Waals surface area contributed by atoms with Crippen molar-refractivity contribution in [3.8, 4) is 11.5 Å². The Bertz CT molecular complexity index is 836. The summed E-state index contributed by atoms with van der Waals surface area (Å²) in [5.41, 5.74) is 3.04. The van der Waals surface area contributed by atoms with Crippen LogP contribution in [-0.2, 0) is 23.1 Å². The van der Waals surface area contributed by atoms with E-state index in [9.17, 15) is 8.42 Å². The highest BCUT2D eigenvalue weighted by Crippen LogP contribution is 2.30. The lowest BCUT2D eigenvalue weighted by Gasteiger charge is -2.14. The first-order valence-corrected chi connectivity index (χ1v) is 11.0. The predicted octanol–water partition coefficient (Wildman–Crippen LogP) is 3.28. The Morgan fingerprint density at radius 2 is 1.88 bits per heavy atom. The molecule has 0 radical (unpaired) electrons. The van der Waals surface area contributed by atoms with Gasteiger partial charge in [0.05, 0.1) is 6.26 Å². The van der Waals surface area contributed by atoms with Gasteiger partial charge < -0.3 is 10.1 Å². The molecule has 2 aromatic carbocycles. The van der Waals surface area contributed by atoms with Gasteiger partial charge >= 0.3 is 0 Å². The molecule has 25 heavy (non-hydrogen) atoms. The summed E-state index contributed by atoms with van der Waals surface area (Å²) in [5, 5.41) is 3.12. The zero-order chi connectivity index (χ0) is 18.4. The molecule has 0 spiro atoms. The molecule has 7 heteroatoms. The fourth-order valence-electron chi connectivity index (χ4n) is 2.43. The molecule has 0 saturated heterocycles. The maximum Gasteiger partial charge on any atom is 0.209 e. The summed E-state index contributed by atoms with van der Waals surface area (Å²) < 4.78 is 31.1. The van der Waals surface area contributed by atoms with Crippen LogP contribution in [0, 0.1) is 6.92 Å². The lowest BCUT2D eigenvalue weighted by atomic mass is 10.1. The molecule has 0 atom stereocenters. The Balaban J connectivity index is 2.23. The van der Waals surface area contributed by atoms with Crippen LogP contribution < -0.4 is 14.8 Å². The van der Waals surface area contributed by atoms with Gasteiger partial charge in [-0.05, 0) is 61.7 Å². The molecule has 136 valence electrons. The molecule has 0 bridgehead atoms. The summed E-state index contributed by atoms with van der Waals surface area (Å²) in [6, 6.07) is 11.7. The van der Waals surface area contributed by atoms with Crippen LogP contribution >= 0.6 is 11.8 Å². The van der Waals surface area contributed by atoms with Crippen molar-refractivity contribution >= 4 is 21.8 Å². The zero-order valence-electron chi connectivity index (χ0n) is 14.9. The van der Waals surface area contributed by atoms with Gasteiger partial charge in [-0.25, -0.2) is 13.1 Å². The summed E-state index contributed by atoms with van der Waals surface area (Å²) >= 11 is 1.71. The molecule has 0 saturated carbocycles. The first kappa shape index (κ1) is 19.8. The number of ether oxygens (including phenoxy) is 1. The second-order valence-electron chi connectivity index (χ2n) is 5.80. The minimum Gasteiger partial charge on any atom is -0.457 e. The molecule has 0 aromatic heterocycles. The maximum absolute atomic E-state index is 11.3. The molecule has 0 aliphatic heterocycles. The van der Waals surface area contributed by atoms with Crippen molar-refractivity contribution in [2.24, 2.45) is 0 Å². The third-order valence-electron chi connectivity index (χ3n) is 3.62. The molecular formula is C18H24N2O3S2. The smallest absolute Gasteiger partial charge is 0.209 e. The summed E-state index contributed by atoms with van der Waals surface area (Å²) in [6.07, 6.45) is 3.21. The van der Waals surface area contributed by atoms with Gasteiger partial charge in [-0.2, -0.15) is 0 Å². The van der Waals surface area contributed by atoms with Gasteiger partial charge in [0.1, 0.15) is 11.5 Å². The van der Waals surface area contributed by atoms with Crippen molar-refractivity contribution in [2.45, 2.75) is 24.9 Å². The molecule has 0 amide bonds. The lowest BCUT2D eigenvalue weighted by Crippen LogP contribution is -2.21. The average molecular weight is 381 g/mol. The van der Waals surface area contributed by atoms with Crippen molar-refractivity contribution in [3.63, 3.8) is 0 Å². The summed E-state index contributed by atoms with van der Waals surface area (Å²) in [4.78, 5) is 1.23. The summed E-state index contributed by atoms with van der Waals surface area (Å²) in [7, 11) is -1.35. The van der Waals surface area contributed by atoms with E-state index in [1.807, 2.05) is 37.4 Å². The van der Waals surface area contributed by atoms with E-state index in [4.69, 9.17) is 4.74 Å². The van der Waals surface area contributed by atoms with Crippen LogP contribution in [0.1, 0.15) is 16.7 Å². The number of sulfonamides is 1. The second kappa shape index (κ2) is 8.71. The Morgan fingerprint density at radius 3 is 2.48 bits per heavy atom. The van der Waals surface area contributed by atoms with Crippen LogP contribution in [0.3, 0.4) is 0 Å². The number of rotatable bonds is 8. The average Bonchev–Trinajstić information content (AvgIpc) is 2.55. The van der Waals surface area contributed by atoms with Crippen LogP contribution in [0.15, 0.2) is 41.3 Å². The predicted molar refractivity (Wildman–Crippen MR) is 104 cm³/mol. The largest absolute Gasteiger partial charge is 0.457 e. The van der Waals surface area contributed by atoms with Crippen LogP contribution in [0.5, 0.6) is 11.5 Å². The number of hydrogen-bond acceptors (Lipinski definition) is 5. The van der Waals surface area contributed by atoms with E-state index >= 15 is 0 Å². The quantitative estimate of drug-likeness (QED) is 0.688. The van der Waals surface area contributed by atoms with Crippen LogP contribution in [0.4, 0.5) is 0 Å². The number of aryl methyl sites for hydroxylation is 1. The van der Waals surface area contributed by atoms with E-state index in [2.05, 4.69) is 29.3 Å². The maximum atomic E-state index is 11.3. The standard InChI is InChI=1S/C18H24N2O3S2/c1-13-9-16(6-8-18(13)24-3)23-17-7-5-14(10-15(17)12-19-2)11-20-25(4,21)22/h5-10,19-20H,11-12H2,1-4H3. The van der Waals surface area contributed by atoms with Gasteiger partial charge in [-0.1, -0.05) is 6.07 Å². The van der Waals surface area contributed by atoms with Crippen molar-refractivity contribution in [2.75, 3.05) is 19.6 Å². The minimum atomic E-state index is -3.22. The van der Waals surface area contributed by atoms with E-state index in [0.29, 0.717) is 6.54 Å². The highest BCUT2D eigenvalue weighted by Gasteiger charge is 2.09. The minimum absolute atomic E-state index is 0.261. The van der Waals surface area contributed by atoms with E-state index in [0.717, 1.165) is 28.9 Å². The number of benzene rings is 2. The molecule has 2 aromatic rings. The Labute approximate surface area is 154 Å². The van der Waals surface area contributed by atoms with Crippen LogP contribution in [0.2, 0.25) is 0 Å². The van der Waals surface area contributed by atoms with Crippen molar-refractivity contribution in [3.05, 3.63) is 53.1 Å². The fraction of sp³-hybridized carbons (Fsp3) is 0.333. The first-order valence-electron chi connectivity index (χ1n) is 7.86. The lowest BCUT2D eigenvalue weighted by molar-refractivity contribution is 0.473. The molecule has 0 aliphatic rings. The third kappa shape index (κ3) is 6.04. The Morgan fingerprint density at radius 1 is 1.12 bits per heavy atom. The molecule has 5 nitrogen and oxygen atoms in total. The topological polar surface area (TPSA) is 67.4 Å². The SMILES string of the molecule is CNCc1cc(CNS(C)(=O)=O)ccc1Oc1ccc(SC)c(C)c1. The molecular weight excluding hydrogens is 356 g/mol. The number of hydrogen-bond donors (Lipinski definition) is 2. The van der Waals surface area contributed by atoms with E-state index < -0.39 is 10.0 Å². The van der Waals surface area contributed by atoms with E-state index in [1.165, 1.54) is 10.5 Å². The second-order valence-corrected chi connectivity index (χ2v) is 8.48. The van der Waals surface area contributed by atoms with Crippen molar-refractivity contribution in [1.29, 1.82) is 0 Å². The Kier molecular flexibility index (Phi) is 6.89. The van der Waals surface area contributed by atoms with E-state index in [-0.39, 0.29) is 6.54 Å². The van der Waals surface area contributed by atoms with Gasteiger partial charge in [0.2, 0.25) is 10.0 Å². The highest BCUT2D eigenvalue weighted by atomic mass is 32.2. The number of nitrogens with one attached hydrogen (secondary N) is 2. The van der Waals surface area contributed by atoms with Gasteiger partial charge in [-0.3, -0.25) is 0 Å². The monoisotopic (exact) mass is 380 g/mol. The molecule has 2 N–H and O–H groups in total. The normalized spacial score (nSPS) is 11.5. The molecule has 2 rings (SSSR count).